The molecule has 0 fully saturated rings. The lowest BCUT2D eigenvalue weighted by atomic mass is 10.2. The molecular weight excluding hydrogens is 327 g/mol. The molecule has 0 aliphatic rings. The van der Waals surface area contributed by atoms with Gasteiger partial charge in [-0.2, -0.15) is 0 Å². The molecular formula is C16H13Cl3N2. The Balaban J connectivity index is 2.35. The summed E-state index contributed by atoms with van der Waals surface area (Å²) in [5, 5.41) is 1.05. The van der Waals surface area contributed by atoms with Gasteiger partial charge < -0.3 is 0 Å². The van der Waals surface area contributed by atoms with Crippen molar-refractivity contribution in [3.8, 4) is 5.69 Å². The third kappa shape index (κ3) is 2.64. The Morgan fingerprint density at radius 1 is 1.14 bits per heavy atom. The average Bonchev–Trinajstić information content (AvgIpc) is 2.80. The molecule has 5 heteroatoms. The second-order valence-electron chi connectivity index (χ2n) is 4.87. The van der Waals surface area contributed by atoms with Gasteiger partial charge >= 0.3 is 0 Å². The fourth-order valence-electron chi connectivity index (χ4n) is 2.42. The molecule has 0 amide bonds. The van der Waals surface area contributed by atoms with Gasteiger partial charge in [-0.25, -0.2) is 4.98 Å². The minimum absolute atomic E-state index is 0.500. The number of imidazole rings is 1. The van der Waals surface area contributed by atoms with Crippen molar-refractivity contribution in [2.45, 2.75) is 13.3 Å². The van der Waals surface area contributed by atoms with Crippen molar-refractivity contribution in [2.24, 2.45) is 0 Å². The fourth-order valence-corrected chi connectivity index (χ4v) is 2.97. The van der Waals surface area contributed by atoms with E-state index in [1.54, 1.807) is 6.07 Å². The molecule has 0 unspecified atom stereocenters. The van der Waals surface area contributed by atoms with Gasteiger partial charge in [-0.3, -0.25) is 4.57 Å². The number of alkyl halides is 1. The molecule has 1 heterocycles. The van der Waals surface area contributed by atoms with Crippen LogP contribution in [-0.2, 0) is 6.42 Å². The molecule has 0 atom stereocenters. The van der Waals surface area contributed by atoms with E-state index in [0.29, 0.717) is 22.3 Å². The highest BCUT2D eigenvalue weighted by molar-refractivity contribution is 6.43. The molecule has 0 N–H and O–H groups in total. The van der Waals surface area contributed by atoms with Gasteiger partial charge in [0.1, 0.15) is 5.82 Å². The van der Waals surface area contributed by atoms with Gasteiger partial charge in [0.15, 0.2) is 0 Å². The van der Waals surface area contributed by atoms with E-state index in [-0.39, 0.29) is 0 Å². The number of benzene rings is 2. The second kappa shape index (κ2) is 5.88. The highest BCUT2D eigenvalue weighted by atomic mass is 35.5. The highest BCUT2D eigenvalue weighted by Crippen LogP contribution is 2.32. The van der Waals surface area contributed by atoms with Crippen molar-refractivity contribution in [3.05, 3.63) is 57.8 Å². The number of aryl methyl sites for hydroxylation is 2. The van der Waals surface area contributed by atoms with E-state index in [9.17, 15) is 0 Å². The molecule has 0 radical (unpaired) electrons. The number of fused-ring (bicyclic) bond motifs is 1. The van der Waals surface area contributed by atoms with Crippen molar-refractivity contribution in [1.82, 2.24) is 9.55 Å². The topological polar surface area (TPSA) is 17.8 Å². The molecule has 3 aromatic rings. The summed E-state index contributed by atoms with van der Waals surface area (Å²) in [7, 11) is 0. The van der Waals surface area contributed by atoms with Crippen LogP contribution in [0.1, 0.15) is 11.4 Å². The zero-order chi connectivity index (χ0) is 15.0. The number of aromatic nitrogens is 2. The lowest BCUT2D eigenvalue weighted by Gasteiger charge is -2.11. The summed E-state index contributed by atoms with van der Waals surface area (Å²) < 4.78 is 2.04. The Hall–Kier alpha value is -1.22. The minimum atomic E-state index is 0.500. The monoisotopic (exact) mass is 338 g/mol. The lowest BCUT2D eigenvalue weighted by Crippen LogP contribution is -2.03. The molecule has 0 aliphatic heterocycles. The zero-order valence-corrected chi connectivity index (χ0v) is 13.7. The molecule has 2 nitrogen and oxygen atoms in total. The Morgan fingerprint density at radius 3 is 2.71 bits per heavy atom. The van der Waals surface area contributed by atoms with Crippen LogP contribution in [0.2, 0.25) is 10.0 Å². The van der Waals surface area contributed by atoms with E-state index < -0.39 is 0 Å². The number of halogens is 3. The van der Waals surface area contributed by atoms with E-state index in [1.165, 1.54) is 5.56 Å². The first kappa shape index (κ1) is 14.7. The molecule has 0 bridgehead atoms. The summed E-state index contributed by atoms with van der Waals surface area (Å²) in [4.78, 5) is 4.67. The first-order valence-electron chi connectivity index (χ1n) is 6.60. The Bertz CT molecular complexity index is 809. The molecule has 0 spiro atoms. The summed E-state index contributed by atoms with van der Waals surface area (Å²) in [5.74, 6) is 1.38. The third-order valence-corrected chi connectivity index (χ3v) is 4.37. The summed E-state index contributed by atoms with van der Waals surface area (Å²) in [6.45, 7) is 2.05. The SMILES string of the molecule is Cc1ccc2nc(CCCl)n(-c3cccc(Cl)c3Cl)c2c1. The lowest BCUT2D eigenvalue weighted by molar-refractivity contribution is 0.912. The molecule has 21 heavy (non-hydrogen) atoms. The van der Waals surface area contributed by atoms with Crippen LogP contribution < -0.4 is 0 Å². The summed E-state index contributed by atoms with van der Waals surface area (Å²) in [5.41, 5.74) is 3.94. The normalized spacial score (nSPS) is 11.2. The zero-order valence-electron chi connectivity index (χ0n) is 11.4. The molecule has 108 valence electrons. The Kier molecular flexibility index (Phi) is 4.12. The Morgan fingerprint density at radius 2 is 1.95 bits per heavy atom. The van der Waals surface area contributed by atoms with E-state index in [1.807, 2.05) is 28.8 Å². The van der Waals surface area contributed by atoms with Gasteiger partial charge in [-0.1, -0.05) is 35.3 Å². The van der Waals surface area contributed by atoms with E-state index >= 15 is 0 Å². The van der Waals surface area contributed by atoms with Crippen molar-refractivity contribution >= 4 is 45.8 Å². The highest BCUT2D eigenvalue weighted by Gasteiger charge is 2.15. The predicted molar refractivity (Wildman–Crippen MR) is 90.3 cm³/mol. The Labute approximate surface area is 138 Å². The van der Waals surface area contributed by atoms with Gasteiger partial charge in [0, 0.05) is 12.3 Å². The van der Waals surface area contributed by atoms with Crippen LogP contribution in [0, 0.1) is 6.92 Å². The molecule has 0 saturated heterocycles. The number of hydrogen-bond acceptors (Lipinski definition) is 1. The summed E-state index contributed by atoms with van der Waals surface area (Å²) >= 11 is 18.4. The van der Waals surface area contributed by atoms with Crippen LogP contribution in [0.15, 0.2) is 36.4 Å². The van der Waals surface area contributed by atoms with Gasteiger partial charge in [0.2, 0.25) is 0 Å². The number of rotatable bonds is 3. The molecule has 0 aliphatic carbocycles. The van der Waals surface area contributed by atoms with Crippen LogP contribution in [-0.4, -0.2) is 15.4 Å². The van der Waals surface area contributed by atoms with Crippen LogP contribution in [0.3, 0.4) is 0 Å². The second-order valence-corrected chi connectivity index (χ2v) is 6.03. The van der Waals surface area contributed by atoms with E-state index in [2.05, 4.69) is 18.0 Å². The van der Waals surface area contributed by atoms with Crippen LogP contribution >= 0.6 is 34.8 Å². The third-order valence-electron chi connectivity index (χ3n) is 3.37. The predicted octanol–water partition coefficient (Wildman–Crippen LogP) is 5.42. The minimum Gasteiger partial charge on any atom is -0.295 e. The van der Waals surface area contributed by atoms with E-state index in [4.69, 9.17) is 34.8 Å². The summed E-state index contributed by atoms with van der Waals surface area (Å²) in [6, 6.07) is 11.8. The maximum absolute atomic E-state index is 6.38. The molecule has 0 saturated carbocycles. The maximum atomic E-state index is 6.38. The fraction of sp³-hybridized carbons (Fsp3) is 0.188. The van der Waals surface area contributed by atoms with Gasteiger partial charge in [-0.15, -0.1) is 11.6 Å². The van der Waals surface area contributed by atoms with Crippen LogP contribution in [0.5, 0.6) is 0 Å². The van der Waals surface area contributed by atoms with Gasteiger partial charge in [0.25, 0.3) is 0 Å². The standard InChI is InChI=1S/C16H13Cl3N2/c1-10-5-6-12-14(9-10)21(15(20-12)7-8-17)13-4-2-3-11(18)16(13)19/h2-6,9H,7-8H2,1H3. The smallest absolute Gasteiger partial charge is 0.115 e. The number of hydrogen-bond donors (Lipinski definition) is 0. The molecule has 2 aromatic carbocycles. The maximum Gasteiger partial charge on any atom is 0.115 e. The van der Waals surface area contributed by atoms with Crippen molar-refractivity contribution < 1.29 is 0 Å². The van der Waals surface area contributed by atoms with Crippen LogP contribution in [0.25, 0.3) is 16.7 Å². The first-order chi connectivity index (χ1) is 10.1. The van der Waals surface area contributed by atoms with Gasteiger partial charge in [-0.05, 0) is 36.8 Å². The molecule has 3 rings (SSSR count). The average molecular weight is 340 g/mol. The van der Waals surface area contributed by atoms with Gasteiger partial charge in [0.05, 0.1) is 26.8 Å². The largest absolute Gasteiger partial charge is 0.295 e. The summed E-state index contributed by atoms with van der Waals surface area (Å²) in [6.07, 6.45) is 0.665. The first-order valence-corrected chi connectivity index (χ1v) is 7.89. The van der Waals surface area contributed by atoms with Crippen molar-refractivity contribution in [1.29, 1.82) is 0 Å². The quantitative estimate of drug-likeness (QED) is 0.582. The van der Waals surface area contributed by atoms with Crippen molar-refractivity contribution in [2.75, 3.05) is 5.88 Å². The van der Waals surface area contributed by atoms with E-state index in [0.717, 1.165) is 22.5 Å². The van der Waals surface area contributed by atoms with Crippen molar-refractivity contribution in [3.63, 3.8) is 0 Å². The number of nitrogens with zero attached hydrogens (tertiary/aromatic N) is 2. The molecule has 1 aromatic heterocycles. The van der Waals surface area contributed by atoms with Crippen LogP contribution in [0.4, 0.5) is 0 Å².